The van der Waals surface area contributed by atoms with Crippen molar-refractivity contribution in [1.29, 1.82) is 0 Å². The number of H-pyrrole nitrogens is 1. The van der Waals surface area contributed by atoms with Crippen LogP contribution in [0.5, 0.6) is 0 Å². The van der Waals surface area contributed by atoms with Crippen LogP contribution in [0.25, 0.3) is 0 Å². The molecule has 1 fully saturated rings. The van der Waals surface area contributed by atoms with E-state index in [0.29, 0.717) is 12.5 Å². The molecule has 0 saturated carbocycles. The van der Waals surface area contributed by atoms with Crippen molar-refractivity contribution < 1.29 is 8.42 Å². The van der Waals surface area contributed by atoms with Crippen molar-refractivity contribution in [2.75, 3.05) is 26.7 Å². The molecule has 2 heterocycles. The number of piperidine rings is 1. The predicted octanol–water partition coefficient (Wildman–Crippen LogP) is 0.0298. The van der Waals surface area contributed by atoms with Gasteiger partial charge in [-0.1, -0.05) is 0 Å². The predicted molar refractivity (Wildman–Crippen MR) is 64.0 cm³/mol. The summed E-state index contributed by atoms with van der Waals surface area (Å²) in [5.74, 6) is 0.399. The van der Waals surface area contributed by atoms with Crippen molar-refractivity contribution in [3.05, 3.63) is 12.4 Å². The average Bonchev–Trinajstić information content (AvgIpc) is 2.84. The second kappa shape index (κ2) is 5.16. The fraction of sp³-hybridized carbons (Fsp3) is 0.700. The Morgan fingerprint density at radius 1 is 1.59 bits per heavy atom. The van der Waals surface area contributed by atoms with Gasteiger partial charge in [0.05, 0.1) is 6.20 Å². The third kappa shape index (κ3) is 2.85. The summed E-state index contributed by atoms with van der Waals surface area (Å²) in [6.45, 7) is 2.49. The lowest BCUT2D eigenvalue weighted by molar-refractivity contribution is 0.315. The maximum absolute atomic E-state index is 12.1. The summed E-state index contributed by atoms with van der Waals surface area (Å²) in [5.41, 5.74) is 0. The molecule has 1 unspecified atom stereocenters. The molecule has 1 aromatic heterocycles. The van der Waals surface area contributed by atoms with Crippen molar-refractivity contribution in [2.24, 2.45) is 5.92 Å². The third-order valence-corrected chi connectivity index (χ3v) is 4.88. The zero-order valence-corrected chi connectivity index (χ0v) is 10.7. The quantitative estimate of drug-likeness (QED) is 0.798. The molecule has 6 nitrogen and oxygen atoms in total. The lowest BCUT2D eigenvalue weighted by atomic mass is 10.00. The van der Waals surface area contributed by atoms with E-state index in [-0.39, 0.29) is 4.90 Å². The van der Waals surface area contributed by atoms with E-state index in [4.69, 9.17) is 0 Å². The molecule has 2 rings (SSSR count). The first-order valence-corrected chi connectivity index (χ1v) is 7.20. The van der Waals surface area contributed by atoms with Crippen LogP contribution in [0.3, 0.4) is 0 Å². The van der Waals surface area contributed by atoms with E-state index in [0.717, 1.165) is 25.9 Å². The van der Waals surface area contributed by atoms with Gasteiger partial charge in [-0.3, -0.25) is 5.10 Å². The highest BCUT2D eigenvalue weighted by Gasteiger charge is 2.25. The molecule has 1 saturated heterocycles. The van der Waals surface area contributed by atoms with Gasteiger partial charge in [0.25, 0.3) is 0 Å². The molecule has 0 spiro atoms. The zero-order chi connectivity index (χ0) is 12.3. The number of aromatic nitrogens is 2. The van der Waals surface area contributed by atoms with Gasteiger partial charge in [-0.2, -0.15) is 5.10 Å². The number of hydrogen-bond donors (Lipinski definition) is 2. The first kappa shape index (κ1) is 12.5. The standard InChI is InChI=1S/C10H18N4O2S/c1-14(8-9-3-2-4-11-5-9)17(15,16)10-6-12-13-7-10/h6-7,9,11H,2-5,8H2,1H3,(H,12,13). The minimum absolute atomic E-state index is 0.226. The molecule has 17 heavy (non-hydrogen) atoms. The second-order valence-corrected chi connectivity index (χ2v) is 6.48. The van der Waals surface area contributed by atoms with E-state index in [1.165, 1.54) is 16.7 Å². The molecule has 2 N–H and O–H groups in total. The molecular weight excluding hydrogens is 240 g/mol. The van der Waals surface area contributed by atoms with Crippen LogP contribution in [-0.4, -0.2) is 49.6 Å². The molecular formula is C10H18N4O2S. The Balaban J connectivity index is 2.01. The van der Waals surface area contributed by atoms with E-state index < -0.39 is 10.0 Å². The molecule has 0 aromatic carbocycles. The molecule has 7 heteroatoms. The van der Waals surface area contributed by atoms with Crippen molar-refractivity contribution >= 4 is 10.0 Å². The van der Waals surface area contributed by atoms with Crippen molar-refractivity contribution in [3.8, 4) is 0 Å². The number of rotatable bonds is 4. The summed E-state index contributed by atoms with van der Waals surface area (Å²) in [6, 6.07) is 0. The molecule has 0 amide bonds. The Labute approximate surface area is 101 Å². The molecule has 0 bridgehead atoms. The third-order valence-electron chi connectivity index (χ3n) is 3.10. The number of aromatic amines is 1. The van der Waals surface area contributed by atoms with E-state index >= 15 is 0 Å². The van der Waals surface area contributed by atoms with E-state index in [2.05, 4.69) is 15.5 Å². The van der Waals surface area contributed by atoms with E-state index in [9.17, 15) is 8.42 Å². The SMILES string of the molecule is CN(CC1CCCNC1)S(=O)(=O)c1cn[nH]c1. The monoisotopic (exact) mass is 258 g/mol. The van der Waals surface area contributed by atoms with E-state index in [1.54, 1.807) is 7.05 Å². The molecule has 0 radical (unpaired) electrons. The average molecular weight is 258 g/mol. The number of nitrogens with zero attached hydrogens (tertiary/aromatic N) is 2. The van der Waals surface area contributed by atoms with Gasteiger partial charge in [0, 0.05) is 19.8 Å². The van der Waals surface area contributed by atoms with Crippen LogP contribution >= 0.6 is 0 Å². The summed E-state index contributed by atoms with van der Waals surface area (Å²) in [6.07, 6.45) is 4.94. The highest BCUT2D eigenvalue weighted by molar-refractivity contribution is 7.89. The second-order valence-electron chi connectivity index (χ2n) is 4.43. The summed E-state index contributed by atoms with van der Waals surface area (Å²) < 4.78 is 25.6. The molecule has 96 valence electrons. The Hall–Kier alpha value is -0.920. The number of nitrogens with one attached hydrogen (secondary N) is 2. The molecule has 1 aliphatic heterocycles. The summed E-state index contributed by atoms with van der Waals surface area (Å²) in [7, 11) is -1.76. The Bertz CT molecular complexity index is 437. The first-order valence-electron chi connectivity index (χ1n) is 5.76. The van der Waals surface area contributed by atoms with Gasteiger partial charge in [0.1, 0.15) is 4.90 Å². The Kier molecular flexibility index (Phi) is 3.80. The van der Waals surface area contributed by atoms with Crippen LogP contribution < -0.4 is 5.32 Å². The smallest absolute Gasteiger partial charge is 0.245 e. The lowest BCUT2D eigenvalue weighted by Crippen LogP contribution is -2.39. The minimum Gasteiger partial charge on any atom is -0.316 e. The largest absolute Gasteiger partial charge is 0.316 e. The number of hydrogen-bond acceptors (Lipinski definition) is 4. The highest BCUT2D eigenvalue weighted by atomic mass is 32.2. The van der Waals surface area contributed by atoms with Crippen LogP contribution in [0.15, 0.2) is 17.3 Å². The van der Waals surface area contributed by atoms with Crippen LogP contribution in [0.1, 0.15) is 12.8 Å². The van der Waals surface area contributed by atoms with Crippen molar-refractivity contribution in [3.63, 3.8) is 0 Å². The van der Waals surface area contributed by atoms with Crippen LogP contribution in [0.2, 0.25) is 0 Å². The van der Waals surface area contributed by atoms with E-state index in [1.807, 2.05) is 0 Å². The van der Waals surface area contributed by atoms with Crippen LogP contribution in [0, 0.1) is 5.92 Å². The highest BCUT2D eigenvalue weighted by Crippen LogP contribution is 2.17. The van der Waals surface area contributed by atoms with Gasteiger partial charge in [0.2, 0.25) is 10.0 Å². The minimum atomic E-state index is -3.38. The molecule has 1 aliphatic rings. The van der Waals surface area contributed by atoms with Gasteiger partial charge in [-0.15, -0.1) is 0 Å². The molecule has 1 atom stereocenters. The fourth-order valence-corrected chi connectivity index (χ4v) is 3.26. The summed E-state index contributed by atoms with van der Waals surface area (Å²) >= 11 is 0. The molecule has 0 aliphatic carbocycles. The van der Waals surface area contributed by atoms with Crippen LogP contribution in [0.4, 0.5) is 0 Å². The van der Waals surface area contributed by atoms with Gasteiger partial charge < -0.3 is 5.32 Å². The Morgan fingerprint density at radius 2 is 2.41 bits per heavy atom. The van der Waals surface area contributed by atoms with Gasteiger partial charge >= 0.3 is 0 Å². The Morgan fingerprint density at radius 3 is 3.00 bits per heavy atom. The fourth-order valence-electron chi connectivity index (χ4n) is 2.10. The summed E-state index contributed by atoms with van der Waals surface area (Å²) in [4.78, 5) is 0.226. The molecule has 1 aromatic rings. The van der Waals surface area contributed by atoms with Gasteiger partial charge in [-0.05, 0) is 31.8 Å². The maximum atomic E-state index is 12.1. The zero-order valence-electron chi connectivity index (χ0n) is 9.89. The summed E-state index contributed by atoms with van der Waals surface area (Å²) in [5, 5.41) is 9.49. The van der Waals surface area contributed by atoms with Crippen molar-refractivity contribution in [2.45, 2.75) is 17.7 Å². The van der Waals surface area contributed by atoms with Gasteiger partial charge in [-0.25, -0.2) is 12.7 Å². The van der Waals surface area contributed by atoms with Crippen molar-refractivity contribution in [1.82, 2.24) is 19.8 Å². The normalized spacial score (nSPS) is 21.9. The topological polar surface area (TPSA) is 78.1 Å². The van der Waals surface area contributed by atoms with Gasteiger partial charge in [0.15, 0.2) is 0 Å². The maximum Gasteiger partial charge on any atom is 0.245 e. The number of sulfonamides is 1. The van der Waals surface area contributed by atoms with Crippen LogP contribution in [-0.2, 0) is 10.0 Å². The lowest BCUT2D eigenvalue weighted by Gasteiger charge is -2.26. The first-order chi connectivity index (χ1) is 8.10.